The van der Waals surface area contributed by atoms with E-state index in [0.29, 0.717) is 62.3 Å². The standard InChI is InChI=1S/C29H34F3N5O3S/c30-29(31,32)23-5-3-19(4-6-23)26(38)36-9-7-20-15-21(1-2-22(20)16-36)27(39)37-17-24(18-37)34-10-12-35(13-11-34)28(40)25-33-8-14-41-25/h1-2,8,14-15,19,23-24H,3-7,9-13,16-18H2. The Labute approximate surface area is 241 Å². The van der Waals surface area contributed by atoms with Crippen molar-refractivity contribution in [3.63, 3.8) is 0 Å². The van der Waals surface area contributed by atoms with E-state index in [1.807, 2.05) is 28.0 Å². The van der Waals surface area contributed by atoms with Crippen LogP contribution in [-0.2, 0) is 17.8 Å². The summed E-state index contributed by atoms with van der Waals surface area (Å²) in [6.45, 7) is 5.15. The molecule has 2 aromatic rings. The van der Waals surface area contributed by atoms with Crippen LogP contribution in [0.4, 0.5) is 13.2 Å². The Morgan fingerprint density at radius 3 is 2.24 bits per heavy atom. The van der Waals surface area contributed by atoms with E-state index in [-0.39, 0.29) is 49.3 Å². The van der Waals surface area contributed by atoms with Gasteiger partial charge < -0.3 is 14.7 Å². The van der Waals surface area contributed by atoms with Crippen LogP contribution < -0.4 is 0 Å². The number of halogens is 3. The zero-order chi connectivity index (χ0) is 28.7. The highest BCUT2D eigenvalue weighted by Crippen LogP contribution is 2.40. The molecule has 220 valence electrons. The molecule has 4 aliphatic rings. The van der Waals surface area contributed by atoms with Crippen LogP contribution in [0.3, 0.4) is 0 Å². The first-order chi connectivity index (χ1) is 19.7. The Morgan fingerprint density at radius 2 is 1.59 bits per heavy atom. The minimum Gasteiger partial charge on any atom is -0.338 e. The van der Waals surface area contributed by atoms with E-state index < -0.39 is 12.1 Å². The molecule has 0 atom stereocenters. The summed E-state index contributed by atoms with van der Waals surface area (Å²) < 4.78 is 39.0. The number of nitrogens with zero attached hydrogens (tertiary/aromatic N) is 5. The minimum atomic E-state index is -4.18. The average Bonchev–Trinajstić information content (AvgIpc) is 3.50. The van der Waals surface area contributed by atoms with Gasteiger partial charge in [-0.2, -0.15) is 13.2 Å². The lowest BCUT2D eigenvalue weighted by molar-refractivity contribution is -0.185. The van der Waals surface area contributed by atoms with Gasteiger partial charge in [-0.1, -0.05) is 6.07 Å². The zero-order valence-corrected chi connectivity index (χ0v) is 23.6. The van der Waals surface area contributed by atoms with Gasteiger partial charge in [-0.05, 0) is 55.4 Å². The minimum absolute atomic E-state index is 0.00145. The number of aromatic nitrogens is 1. The Bertz CT molecular complexity index is 1280. The van der Waals surface area contributed by atoms with Gasteiger partial charge in [0.2, 0.25) is 5.91 Å². The molecule has 6 rings (SSSR count). The fourth-order valence-corrected chi connectivity index (χ4v) is 7.19. The largest absolute Gasteiger partial charge is 0.391 e. The Balaban J connectivity index is 0.974. The van der Waals surface area contributed by atoms with Gasteiger partial charge in [0.25, 0.3) is 11.8 Å². The van der Waals surface area contributed by atoms with Crippen LogP contribution in [0.5, 0.6) is 0 Å². The third kappa shape index (κ3) is 5.86. The molecular formula is C29H34F3N5O3S. The fourth-order valence-electron chi connectivity index (χ4n) is 6.59. The van der Waals surface area contributed by atoms with Crippen LogP contribution in [0.2, 0.25) is 0 Å². The molecular weight excluding hydrogens is 555 g/mol. The van der Waals surface area contributed by atoms with Crippen molar-refractivity contribution in [1.29, 1.82) is 0 Å². The van der Waals surface area contributed by atoms with E-state index in [1.54, 1.807) is 16.5 Å². The predicted molar refractivity (Wildman–Crippen MR) is 146 cm³/mol. The Morgan fingerprint density at radius 1 is 0.854 bits per heavy atom. The molecule has 2 saturated heterocycles. The Kier molecular flexibility index (Phi) is 7.80. The van der Waals surface area contributed by atoms with Crippen molar-refractivity contribution >= 4 is 29.1 Å². The summed E-state index contributed by atoms with van der Waals surface area (Å²) in [6.07, 6.45) is -1.28. The van der Waals surface area contributed by atoms with Crippen molar-refractivity contribution in [3.8, 4) is 0 Å². The molecule has 0 N–H and O–H groups in total. The number of amides is 3. The van der Waals surface area contributed by atoms with Crippen molar-refractivity contribution in [1.82, 2.24) is 24.6 Å². The quantitative estimate of drug-likeness (QED) is 0.544. The SMILES string of the molecule is O=C(c1ccc2c(c1)CCN(C(=O)C1CCC(C(F)(F)F)CC1)C2)N1CC(N2CCN(C(=O)c3nccs3)CC2)C1. The maximum atomic E-state index is 13.2. The number of carbonyl (C=O) groups excluding carboxylic acids is 3. The second-order valence-electron chi connectivity index (χ2n) is 11.6. The van der Waals surface area contributed by atoms with E-state index in [9.17, 15) is 27.6 Å². The summed E-state index contributed by atoms with van der Waals surface area (Å²) in [5.74, 6) is -1.69. The van der Waals surface area contributed by atoms with Crippen molar-refractivity contribution in [2.24, 2.45) is 11.8 Å². The highest BCUT2D eigenvalue weighted by molar-refractivity contribution is 7.11. The van der Waals surface area contributed by atoms with Gasteiger partial charge >= 0.3 is 6.18 Å². The number of thiazole rings is 1. The van der Waals surface area contributed by atoms with Gasteiger partial charge in [-0.15, -0.1) is 11.3 Å². The molecule has 1 aromatic carbocycles. The number of benzene rings is 1. The maximum Gasteiger partial charge on any atom is 0.391 e. The van der Waals surface area contributed by atoms with Gasteiger partial charge in [0.05, 0.1) is 5.92 Å². The summed E-state index contributed by atoms with van der Waals surface area (Å²) in [6, 6.07) is 5.96. The fraction of sp³-hybridized carbons (Fsp3) is 0.586. The lowest BCUT2D eigenvalue weighted by atomic mass is 9.80. The second-order valence-corrected chi connectivity index (χ2v) is 12.5. The maximum absolute atomic E-state index is 13.2. The first-order valence-electron chi connectivity index (χ1n) is 14.4. The van der Waals surface area contributed by atoms with Gasteiger partial charge in [0.15, 0.2) is 5.01 Å². The topological polar surface area (TPSA) is 77.1 Å². The Hall–Kier alpha value is -2.99. The van der Waals surface area contributed by atoms with Gasteiger partial charge in [0.1, 0.15) is 0 Å². The summed E-state index contributed by atoms with van der Waals surface area (Å²) in [5, 5.41) is 2.33. The van der Waals surface area contributed by atoms with Crippen molar-refractivity contribution in [2.75, 3.05) is 45.8 Å². The molecule has 4 heterocycles. The van der Waals surface area contributed by atoms with Crippen molar-refractivity contribution in [3.05, 3.63) is 51.5 Å². The molecule has 0 unspecified atom stereocenters. The normalized spacial score (nSPS) is 24.1. The van der Waals surface area contributed by atoms with Crippen molar-refractivity contribution in [2.45, 2.75) is 50.9 Å². The molecule has 3 aliphatic heterocycles. The molecule has 3 fully saturated rings. The summed E-state index contributed by atoms with van der Waals surface area (Å²) in [5.41, 5.74) is 2.70. The molecule has 12 heteroatoms. The van der Waals surface area contributed by atoms with Crippen LogP contribution in [-0.4, -0.2) is 100 Å². The smallest absolute Gasteiger partial charge is 0.338 e. The lowest BCUT2D eigenvalue weighted by Gasteiger charge is -2.48. The molecule has 8 nitrogen and oxygen atoms in total. The highest BCUT2D eigenvalue weighted by Gasteiger charge is 2.43. The summed E-state index contributed by atoms with van der Waals surface area (Å²) in [4.78, 5) is 50.7. The van der Waals surface area contributed by atoms with Crippen LogP contribution >= 0.6 is 11.3 Å². The molecule has 3 amide bonds. The second kappa shape index (κ2) is 11.4. The van der Waals surface area contributed by atoms with E-state index in [2.05, 4.69) is 9.88 Å². The van der Waals surface area contributed by atoms with Crippen LogP contribution in [0.1, 0.15) is 57.0 Å². The van der Waals surface area contributed by atoms with Crippen LogP contribution in [0.25, 0.3) is 0 Å². The number of carbonyl (C=O) groups is 3. The average molecular weight is 590 g/mol. The van der Waals surface area contributed by atoms with E-state index >= 15 is 0 Å². The first kappa shape index (κ1) is 28.1. The lowest BCUT2D eigenvalue weighted by Crippen LogP contribution is -2.64. The number of hydrogen-bond donors (Lipinski definition) is 0. The molecule has 0 radical (unpaired) electrons. The summed E-state index contributed by atoms with van der Waals surface area (Å²) in [7, 11) is 0. The van der Waals surface area contributed by atoms with Gasteiger partial charge in [0, 0.05) is 81.5 Å². The number of alkyl halides is 3. The predicted octanol–water partition coefficient (Wildman–Crippen LogP) is 3.68. The number of piperazine rings is 1. The summed E-state index contributed by atoms with van der Waals surface area (Å²) >= 11 is 1.36. The van der Waals surface area contributed by atoms with Gasteiger partial charge in [-0.3, -0.25) is 19.3 Å². The third-order valence-corrected chi connectivity index (χ3v) is 9.96. The van der Waals surface area contributed by atoms with Crippen LogP contribution in [0.15, 0.2) is 29.8 Å². The van der Waals surface area contributed by atoms with Crippen LogP contribution in [0, 0.1) is 11.8 Å². The molecule has 0 bridgehead atoms. The molecule has 41 heavy (non-hydrogen) atoms. The molecule has 1 aromatic heterocycles. The highest BCUT2D eigenvalue weighted by atomic mass is 32.1. The number of hydrogen-bond acceptors (Lipinski definition) is 6. The number of fused-ring (bicyclic) bond motifs is 1. The number of rotatable bonds is 4. The molecule has 1 saturated carbocycles. The van der Waals surface area contributed by atoms with E-state index in [4.69, 9.17) is 0 Å². The molecule has 0 spiro atoms. The monoisotopic (exact) mass is 589 g/mol. The van der Waals surface area contributed by atoms with Gasteiger partial charge in [-0.25, -0.2) is 4.98 Å². The van der Waals surface area contributed by atoms with E-state index in [1.165, 1.54) is 11.3 Å². The number of likely N-dealkylation sites (tertiary alicyclic amines) is 1. The van der Waals surface area contributed by atoms with Crippen molar-refractivity contribution < 1.29 is 27.6 Å². The first-order valence-corrected chi connectivity index (χ1v) is 15.2. The molecule has 1 aliphatic carbocycles. The third-order valence-electron chi connectivity index (χ3n) is 9.20. The van der Waals surface area contributed by atoms with E-state index in [0.717, 1.165) is 24.2 Å². The zero-order valence-electron chi connectivity index (χ0n) is 22.8.